The molecule has 0 aliphatic heterocycles. The predicted molar refractivity (Wildman–Crippen MR) is 111 cm³/mol. The third kappa shape index (κ3) is 3.73. The van der Waals surface area contributed by atoms with Crippen molar-refractivity contribution in [3.63, 3.8) is 0 Å². The molecule has 1 atom stereocenters. The summed E-state index contributed by atoms with van der Waals surface area (Å²) in [6, 6.07) is 6.29. The summed E-state index contributed by atoms with van der Waals surface area (Å²) in [4.78, 5) is 43.0. The molecule has 0 radical (unpaired) electrons. The van der Waals surface area contributed by atoms with Crippen molar-refractivity contribution < 1.29 is 19.1 Å². The molecule has 2 heterocycles. The van der Waals surface area contributed by atoms with Gasteiger partial charge in [-0.15, -0.1) is 11.3 Å². The molecule has 0 aliphatic carbocycles. The first-order chi connectivity index (χ1) is 13.9. The summed E-state index contributed by atoms with van der Waals surface area (Å²) in [6.07, 6.45) is 1.71. The van der Waals surface area contributed by atoms with Crippen molar-refractivity contribution in [3.8, 4) is 5.75 Å². The van der Waals surface area contributed by atoms with Crippen molar-refractivity contribution >= 4 is 39.1 Å². The Morgan fingerprint density at radius 1 is 1.28 bits per heavy atom. The SMILES string of the molecule is CC[C@H](C(=O)OC)n1cnc2sc(C(=O)Nc3ccccc3OC)c(C)c2c1=O. The smallest absolute Gasteiger partial charge is 0.329 e. The molecular formula is C20H21N3O5S. The van der Waals surface area contributed by atoms with Gasteiger partial charge in [-0.25, -0.2) is 9.78 Å². The molecule has 0 spiro atoms. The zero-order valence-corrected chi connectivity index (χ0v) is 17.3. The van der Waals surface area contributed by atoms with Crippen LogP contribution in [0.25, 0.3) is 10.2 Å². The zero-order chi connectivity index (χ0) is 21.1. The van der Waals surface area contributed by atoms with Crippen molar-refractivity contribution in [2.45, 2.75) is 26.3 Å². The van der Waals surface area contributed by atoms with Crippen molar-refractivity contribution in [2.24, 2.45) is 0 Å². The molecule has 3 rings (SSSR count). The van der Waals surface area contributed by atoms with Gasteiger partial charge >= 0.3 is 5.97 Å². The van der Waals surface area contributed by atoms with Crippen molar-refractivity contribution in [1.82, 2.24) is 9.55 Å². The number of aryl methyl sites for hydroxylation is 1. The van der Waals surface area contributed by atoms with Gasteiger partial charge in [0.25, 0.3) is 11.5 Å². The lowest BCUT2D eigenvalue weighted by Gasteiger charge is -2.15. The molecule has 0 saturated carbocycles. The first-order valence-corrected chi connectivity index (χ1v) is 9.77. The molecular weight excluding hydrogens is 394 g/mol. The average molecular weight is 415 g/mol. The second-order valence-corrected chi connectivity index (χ2v) is 7.29. The number of carbonyl (C=O) groups excluding carboxylic acids is 2. The van der Waals surface area contributed by atoms with E-state index in [1.54, 1.807) is 38.1 Å². The van der Waals surface area contributed by atoms with E-state index in [1.165, 1.54) is 25.1 Å². The van der Waals surface area contributed by atoms with Crippen LogP contribution in [0.1, 0.15) is 34.6 Å². The highest BCUT2D eigenvalue weighted by Crippen LogP contribution is 2.30. The Morgan fingerprint density at radius 3 is 2.66 bits per heavy atom. The number of amides is 1. The number of hydrogen-bond acceptors (Lipinski definition) is 7. The summed E-state index contributed by atoms with van der Waals surface area (Å²) < 4.78 is 11.3. The van der Waals surface area contributed by atoms with Crippen LogP contribution in [0.2, 0.25) is 0 Å². The van der Waals surface area contributed by atoms with Crippen LogP contribution in [0.4, 0.5) is 5.69 Å². The first kappa shape index (κ1) is 20.5. The van der Waals surface area contributed by atoms with Gasteiger partial charge in [0.15, 0.2) is 0 Å². The molecule has 1 aromatic carbocycles. The monoisotopic (exact) mass is 415 g/mol. The number of nitrogens with zero attached hydrogens (tertiary/aromatic N) is 2. The standard InChI is InChI=1S/C20H21N3O5S/c1-5-13(20(26)28-4)23-10-21-18-15(19(23)25)11(2)16(29-18)17(24)22-12-8-6-7-9-14(12)27-3/h6-10,13H,5H2,1-4H3,(H,22,24)/t13-/m1/s1. The van der Waals surface area contributed by atoms with E-state index in [2.05, 4.69) is 10.3 Å². The lowest BCUT2D eigenvalue weighted by atomic mass is 10.2. The Labute approximate surface area is 171 Å². The topological polar surface area (TPSA) is 99.5 Å². The number of hydrogen-bond donors (Lipinski definition) is 1. The van der Waals surface area contributed by atoms with Gasteiger partial charge in [-0.3, -0.25) is 14.2 Å². The van der Waals surface area contributed by atoms with Crippen LogP contribution < -0.4 is 15.6 Å². The lowest BCUT2D eigenvalue weighted by Crippen LogP contribution is -2.30. The van der Waals surface area contributed by atoms with Crippen LogP contribution in [0, 0.1) is 6.92 Å². The fraction of sp³-hybridized carbons (Fsp3) is 0.300. The Bertz CT molecular complexity index is 1130. The number of thiophene rings is 1. The van der Waals surface area contributed by atoms with E-state index in [0.717, 1.165) is 11.3 Å². The Kier molecular flexibility index (Phi) is 5.97. The van der Waals surface area contributed by atoms with Gasteiger partial charge in [-0.2, -0.15) is 0 Å². The molecule has 1 N–H and O–H groups in total. The second kappa shape index (κ2) is 8.44. The molecule has 29 heavy (non-hydrogen) atoms. The quantitative estimate of drug-likeness (QED) is 0.621. The maximum atomic E-state index is 13.0. The van der Waals surface area contributed by atoms with Crippen molar-refractivity contribution in [3.05, 3.63) is 51.4 Å². The molecule has 8 nitrogen and oxygen atoms in total. The number of carbonyl (C=O) groups is 2. The Hall–Kier alpha value is -3.20. The number of esters is 1. The molecule has 152 valence electrons. The zero-order valence-electron chi connectivity index (χ0n) is 16.5. The third-order valence-electron chi connectivity index (χ3n) is 4.63. The van der Waals surface area contributed by atoms with Gasteiger partial charge in [0, 0.05) is 0 Å². The number of ether oxygens (including phenoxy) is 2. The van der Waals surface area contributed by atoms with Gasteiger partial charge in [-0.1, -0.05) is 19.1 Å². The van der Waals surface area contributed by atoms with Crippen LogP contribution in [-0.2, 0) is 9.53 Å². The van der Waals surface area contributed by atoms with Gasteiger partial charge in [0.2, 0.25) is 0 Å². The molecule has 2 aromatic heterocycles. The number of aromatic nitrogens is 2. The van der Waals surface area contributed by atoms with Crippen LogP contribution in [0.3, 0.4) is 0 Å². The fourth-order valence-electron chi connectivity index (χ4n) is 3.12. The second-order valence-electron chi connectivity index (χ2n) is 6.29. The van der Waals surface area contributed by atoms with E-state index in [1.807, 2.05) is 0 Å². The van der Waals surface area contributed by atoms with Crippen LogP contribution >= 0.6 is 11.3 Å². The predicted octanol–water partition coefficient (Wildman–Crippen LogP) is 3.15. The van der Waals surface area contributed by atoms with E-state index in [4.69, 9.17) is 9.47 Å². The first-order valence-electron chi connectivity index (χ1n) is 8.95. The molecule has 0 unspecified atom stereocenters. The van der Waals surface area contributed by atoms with E-state index < -0.39 is 12.0 Å². The number of anilines is 1. The summed E-state index contributed by atoms with van der Waals surface area (Å²) in [5.41, 5.74) is 0.667. The minimum absolute atomic E-state index is 0.324. The number of benzene rings is 1. The Balaban J connectivity index is 2.04. The number of rotatable bonds is 6. The Morgan fingerprint density at radius 2 is 2.00 bits per heavy atom. The van der Waals surface area contributed by atoms with E-state index >= 15 is 0 Å². The molecule has 3 aromatic rings. The van der Waals surface area contributed by atoms with E-state index in [9.17, 15) is 14.4 Å². The molecule has 9 heteroatoms. The highest BCUT2D eigenvalue weighted by Gasteiger charge is 2.25. The molecule has 1 amide bonds. The summed E-state index contributed by atoms with van der Waals surface area (Å²) >= 11 is 1.13. The number of para-hydroxylation sites is 2. The van der Waals surface area contributed by atoms with Crippen molar-refractivity contribution in [2.75, 3.05) is 19.5 Å². The summed E-state index contributed by atoms with van der Waals surface area (Å²) in [7, 11) is 2.80. The average Bonchev–Trinajstić information content (AvgIpc) is 3.07. The van der Waals surface area contributed by atoms with Gasteiger partial charge in [0.05, 0.1) is 36.5 Å². The maximum absolute atomic E-state index is 13.0. The largest absolute Gasteiger partial charge is 0.495 e. The normalized spacial score (nSPS) is 11.9. The van der Waals surface area contributed by atoms with Gasteiger partial charge < -0.3 is 14.8 Å². The summed E-state index contributed by atoms with van der Waals surface area (Å²) in [5.74, 6) is -0.345. The minimum Gasteiger partial charge on any atom is -0.495 e. The highest BCUT2D eigenvalue weighted by molar-refractivity contribution is 7.20. The number of nitrogens with one attached hydrogen (secondary N) is 1. The van der Waals surface area contributed by atoms with Crippen LogP contribution in [-0.4, -0.2) is 35.6 Å². The maximum Gasteiger partial charge on any atom is 0.329 e. The highest BCUT2D eigenvalue weighted by atomic mass is 32.1. The van der Waals surface area contributed by atoms with Gasteiger partial charge in [0.1, 0.15) is 16.6 Å². The molecule has 0 fully saturated rings. The summed E-state index contributed by atoms with van der Waals surface area (Å²) in [6.45, 7) is 3.48. The summed E-state index contributed by atoms with van der Waals surface area (Å²) in [5, 5.41) is 3.13. The number of methoxy groups -OCH3 is 2. The minimum atomic E-state index is -0.769. The molecule has 0 bridgehead atoms. The van der Waals surface area contributed by atoms with E-state index in [0.29, 0.717) is 38.5 Å². The van der Waals surface area contributed by atoms with Crippen molar-refractivity contribution in [1.29, 1.82) is 0 Å². The molecule has 0 saturated heterocycles. The van der Waals surface area contributed by atoms with Crippen LogP contribution in [0.15, 0.2) is 35.4 Å². The molecule has 0 aliphatic rings. The van der Waals surface area contributed by atoms with Gasteiger partial charge in [-0.05, 0) is 31.0 Å². The lowest BCUT2D eigenvalue weighted by molar-refractivity contribution is -0.144. The number of fused-ring (bicyclic) bond motifs is 1. The fourth-order valence-corrected chi connectivity index (χ4v) is 4.15. The van der Waals surface area contributed by atoms with Crippen LogP contribution in [0.5, 0.6) is 5.75 Å². The third-order valence-corrected chi connectivity index (χ3v) is 5.83. The van der Waals surface area contributed by atoms with E-state index in [-0.39, 0.29) is 11.5 Å².